The van der Waals surface area contributed by atoms with Gasteiger partial charge in [-0.05, 0) is 50.2 Å². The normalized spacial score (nSPS) is 12.7. The molecule has 1 aromatic heterocycles. The summed E-state index contributed by atoms with van der Waals surface area (Å²) in [4.78, 5) is 0. The molecule has 5 heteroatoms. The first-order chi connectivity index (χ1) is 9.60. The van der Waals surface area contributed by atoms with Crippen molar-refractivity contribution >= 4 is 11.6 Å². The number of hydrogen-bond acceptors (Lipinski definition) is 2. The highest BCUT2D eigenvalue weighted by molar-refractivity contribution is 6.31. The van der Waals surface area contributed by atoms with E-state index in [4.69, 9.17) is 11.6 Å². The Morgan fingerprint density at radius 3 is 2.70 bits per heavy atom. The summed E-state index contributed by atoms with van der Waals surface area (Å²) in [6, 6.07) is 6.30. The lowest BCUT2D eigenvalue weighted by Crippen LogP contribution is -2.21. The summed E-state index contributed by atoms with van der Waals surface area (Å²) in [5.41, 5.74) is 2.75. The van der Waals surface area contributed by atoms with Crippen LogP contribution in [0.15, 0.2) is 24.3 Å². The Morgan fingerprint density at radius 1 is 1.35 bits per heavy atom. The van der Waals surface area contributed by atoms with Crippen molar-refractivity contribution < 1.29 is 4.39 Å². The molecule has 1 N–H and O–H groups in total. The maximum Gasteiger partial charge on any atom is 0.123 e. The Morgan fingerprint density at radius 2 is 2.10 bits per heavy atom. The van der Waals surface area contributed by atoms with Crippen LogP contribution in [0.4, 0.5) is 4.39 Å². The van der Waals surface area contributed by atoms with Gasteiger partial charge < -0.3 is 5.32 Å². The standard InChI is InChI=1S/C15H19ClFN3/c1-4-11-9-14(20(5-2)19-11)15(18-3)12-8-10(17)6-7-13(12)16/h6-9,15,18H,4-5H2,1-3H3. The van der Waals surface area contributed by atoms with Crippen LogP contribution < -0.4 is 5.32 Å². The van der Waals surface area contributed by atoms with Crippen LogP contribution in [0, 0.1) is 5.82 Å². The van der Waals surface area contributed by atoms with E-state index in [2.05, 4.69) is 17.3 Å². The molecule has 0 aliphatic heterocycles. The van der Waals surface area contributed by atoms with Crippen LogP contribution in [0.5, 0.6) is 0 Å². The van der Waals surface area contributed by atoms with Crippen molar-refractivity contribution in [3.05, 3.63) is 52.1 Å². The summed E-state index contributed by atoms with van der Waals surface area (Å²) in [6.45, 7) is 4.87. The Bertz CT molecular complexity index is 595. The average molecular weight is 296 g/mol. The molecule has 0 fully saturated rings. The number of nitrogens with one attached hydrogen (secondary N) is 1. The van der Waals surface area contributed by atoms with Gasteiger partial charge in [0.15, 0.2) is 0 Å². The molecule has 0 aliphatic carbocycles. The van der Waals surface area contributed by atoms with Gasteiger partial charge in [-0.2, -0.15) is 5.10 Å². The molecule has 0 aliphatic rings. The smallest absolute Gasteiger partial charge is 0.123 e. The topological polar surface area (TPSA) is 29.9 Å². The van der Waals surface area contributed by atoms with Crippen LogP contribution in [0.25, 0.3) is 0 Å². The summed E-state index contributed by atoms with van der Waals surface area (Å²) in [5, 5.41) is 8.29. The molecule has 2 aromatic rings. The zero-order valence-electron chi connectivity index (χ0n) is 12.0. The van der Waals surface area contributed by atoms with Crippen molar-refractivity contribution in [3.63, 3.8) is 0 Å². The summed E-state index contributed by atoms with van der Waals surface area (Å²) in [6.07, 6.45) is 0.868. The fourth-order valence-electron chi connectivity index (χ4n) is 2.34. The Balaban J connectivity index is 2.51. The van der Waals surface area contributed by atoms with Gasteiger partial charge in [-0.3, -0.25) is 4.68 Å². The molecule has 3 nitrogen and oxygen atoms in total. The fourth-order valence-corrected chi connectivity index (χ4v) is 2.57. The highest BCUT2D eigenvalue weighted by atomic mass is 35.5. The molecular formula is C15H19ClFN3. The Kier molecular flexibility index (Phi) is 4.78. The van der Waals surface area contributed by atoms with Crippen molar-refractivity contribution in [3.8, 4) is 0 Å². The molecule has 0 radical (unpaired) electrons. The second-order valence-electron chi connectivity index (χ2n) is 4.62. The van der Waals surface area contributed by atoms with Crippen molar-refractivity contribution in [1.82, 2.24) is 15.1 Å². The van der Waals surface area contributed by atoms with Gasteiger partial charge in [0.1, 0.15) is 5.82 Å². The molecule has 1 aromatic carbocycles. The number of benzene rings is 1. The zero-order chi connectivity index (χ0) is 14.7. The Labute approximate surface area is 123 Å². The van der Waals surface area contributed by atoms with Crippen LogP contribution in [-0.2, 0) is 13.0 Å². The van der Waals surface area contributed by atoms with Gasteiger partial charge >= 0.3 is 0 Å². The first kappa shape index (κ1) is 15.0. The fraction of sp³-hybridized carbons (Fsp3) is 0.400. The van der Waals surface area contributed by atoms with E-state index in [0.717, 1.165) is 29.9 Å². The molecule has 108 valence electrons. The monoisotopic (exact) mass is 295 g/mol. The van der Waals surface area contributed by atoms with Crippen molar-refractivity contribution in [1.29, 1.82) is 0 Å². The quantitative estimate of drug-likeness (QED) is 0.914. The minimum atomic E-state index is -0.289. The number of aryl methyl sites for hydroxylation is 2. The predicted octanol–water partition coefficient (Wildman–Crippen LogP) is 3.57. The second kappa shape index (κ2) is 6.37. The molecule has 1 heterocycles. The number of rotatable bonds is 5. The maximum atomic E-state index is 13.5. The van der Waals surface area contributed by atoms with Gasteiger partial charge in [0.2, 0.25) is 0 Å². The number of nitrogens with zero attached hydrogens (tertiary/aromatic N) is 2. The number of aromatic nitrogens is 2. The van der Waals surface area contributed by atoms with Crippen molar-refractivity contribution in [2.75, 3.05) is 7.05 Å². The van der Waals surface area contributed by atoms with E-state index in [1.807, 2.05) is 24.7 Å². The number of hydrogen-bond donors (Lipinski definition) is 1. The average Bonchev–Trinajstić information content (AvgIpc) is 2.87. The Hall–Kier alpha value is -1.39. The van der Waals surface area contributed by atoms with E-state index in [-0.39, 0.29) is 11.9 Å². The highest BCUT2D eigenvalue weighted by Gasteiger charge is 2.20. The van der Waals surface area contributed by atoms with Gasteiger partial charge in [-0.25, -0.2) is 4.39 Å². The molecular weight excluding hydrogens is 277 g/mol. The first-order valence-corrected chi connectivity index (χ1v) is 7.17. The van der Waals surface area contributed by atoms with E-state index in [0.29, 0.717) is 5.02 Å². The molecule has 20 heavy (non-hydrogen) atoms. The lowest BCUT2D eigenvalue weighted by atomic mass is 10.0. The van der Waals surface area contributed by atoms with Gasteiger partial charge in [-0.1, -0.05) is 18.5 Å². The predicted molar refractivity (Wildman–Crippen MR) is 79.6 cm³/mol. The van der Waals surface area contributed by atoms with E-state index in [1.165, 1.54) is 12.1 Å². The van der Waals surface area contributed by atoms with E-state index in [9.17, 15) is 4.39 Å². The van der Waals surface area contributed by atoms with E-state index < -0.39 is 0 Å². The summed E-state index contributed by atoms with van der Waals surface area (Å²) >= 11 is 6.22. The zero-order valence-corrected chi connectivity index (χ0v) is 12.7. The minimum absolute atomic E-state index is 0.175. The van der Waals surface area contributed by atoms with Crippen molar-refractivity contribution in [2.45, 2.75) is 32.9 Å². The van der Waals surface area contributed by atoms with Crippen LogP contribution in [-0.4, -0.2) is 16.8 Å². The van der Waals surface area contributed by atoms with Gasteiger partial charge in [0.25, 0.3) is 0 Å². The second-order valence-corrected chi connectivity index (χ2v) is 5.02. The highest BCUT2D eigenvalue weighted by Crippen LogP contribution is 2.29. The van der Waals surface area contributed by atoms with Gasteiger partial charge in [-0.15, -0.1) is 0 Å². The van der Waals surface area contributed by atoms with Crippen LogP contribution >= 0.6 is 11.6 Å². The van der Waals surface area contributed by atoms with Crippen molar-refractivity contribution in [2.24, 2.45) is 0 Å². The van der Waals surface area contributed by atoms with Crippen LogP contribution in [0.2, 0.25) is 5.02 Å². The summed E-state index contributed by atoms with van der Waals surface area (Å²) in [7, 11) is 1.84. The molecule has 1 atom stereocenters. The molecule has 0 amide bonds. The third kappa shape index (κ3) is 2.86. The van der Waals surface area contributed by atoms with Gasteiger partial charge in [0, 0.05) is 11.6 Å². The third-order valence-electron chi connectivity index (χ3n) is 3.38. The van der Waals surface area contributed by atoms with Crippen LogP contribution in [0.1, 0.15) is 36.8 Å². The molecule has 0 saturated heterocycles. The lowest BCUT2D eigenvalue weighted by molar-refractivity contribution is 0.556. The summed E-state index contributed by atoms with van der Waals surface area (Å²) < 4.78 is 15.4. The first-order valence-electron chi connectivity index (χ1n) is 6.79. The minimum Gasteiger partial charge on any atom is -0.308 e. The third-order valence-corrected chi connectivity index (χ3v) is 3.72. The summed E-state index contributed by atoms with van der Waals surface area (Å²) in [5.74, 6) is -0.289. The van der Waals surface area contributed by atoms with E-state index in [1.54, 1.807) is 6.07 Å². The number of halogens is 2. The van der Waals surface area contributed by atoms with Gasteiger partial charge in [0.05, 0.1) is 17.4 Å². The van der Waals surface area contributed by atoms with Crippen LogP contribution in [0.3, 0.4) is 0 Å². The molecule has 1 unspecified atom stereocenters. The maximum absolute atomic E-state index is 13.5. The lowest BCUT2D eigenvalue weighted by Gasteiger charge is -2.19. The molecule has 0 saturated carbocycles. The molecule has 0 spiro atoms. The molecule has 0 bridgehead atoms. The largest absolute Gasteiger partial charge is 0.308 e. The van der Waals surface area contributed by atoms with E-state index >= 15 is 0 Å². The molecule has 2 rings (SSSR count). The SMILES string of the molecule is CCc1cc(C(NC)c2cc(F)ccc2Cl)n(CC)n1.